The van der Waals surface area contributed by atoms with Crippen LogP contribution in [0.2, 0.25) is 0 Å². The average Bonchev–Trinajstić information content (AvgIpc) is 2.74. The molecule has 0 atom stereocenters. The number of amides is 2. The number of hydrogen-bond donors (Lipinski definition) is 2. The number of carbonyl (C=O) groups is 3. The molecule has 1 aromatic carbocycles. The fourth-order valence-electron chi connectivity index (χ4n) is 2.85. The molecule has 1 saturated heterocycles. The highest BCUT2D eigenvalue weighted by molar-refractivity contribution is 5.94. The Bertz CT molecular complexity index is 718. The van der Waals surface area contributed by atoms with Gasteiger partial charge in [-0.3, -0.25) is 9.59 Å². The molecule has 10 heteroatoms. The monoisotopic (exact) mass is 445 g/mol. The van der Waals surface area contributed by atoms with E-state index in [-0.39, 0.29) is 11.8 Å². The van der Waals surface area contributed by atoms with Crippen LogP contribution < -0.4 is 5.32 Å². The Balaban J connectivity index is 0.000000592. The Kier molecular flexibility index (Phi) is 11.0. The van der Waals surface area contributed by atoms with E-state index in [2.05, 4.69) is 12.2 Å². The zero-order valence-electron chi connectivity index (χ0n) is 17.9. The van der Waals surface area contributed by atoms with Crippen LogP contribution in [-0.4, -0.2) is 78.1 Å². The van der Waals surface area contributed by atoms with Crippen molar-refractivity contribution in [1.29, 1.82) is 0 Å². The number of aliphatic carboxylic acids is 1. The summed E-state index contributed by atoms with van der Waals surface area (Å²) in [7, 11) is 0. The Morgan fingerprint density at radius 2 is 1.65 bits per heavy atom. The van der Waals surface area contributed by atoms with Gasteiger partial charge < -0.3 is 20.2 Å². The number of carboxylic acids is 1. The van der Waals surface area contributed by atoms with E-state index in [4.69, 9.17) is 9.90 Å². The SMILES string of the molecule is CCCCN(CCC(=O)N1CCNCC1)C(=O)c1ccc(C)cc1.O=C(O)C(F)(F)F. The van der Waals surface area contributed by atoms with E-state index in [0.29, 0.717) is 25.1 Å². The average molecular weight is 445 g/mol. The molecule has 0 aromatic heterocycles. The first-order valence-electron chi connectivity index (χ1n) is 10.2. The van der Waals surface area contributed by atoms with Gasteiger partial charge in [0.1, 0.15) is 0 Å². The van der Waals surface area contributed by atoms with E-state index in [0.717, 1.165) is 44.6 Å². The van der Waals surface area contributed by atoms with Gasteiger partial charge in [-0.05, 0) is 25.5 Å². The summed E-state index contributed by atoms with van der Waals surface area (Å²) >= 11 is 0. The lowest BCUT2D eigenvalue weighted by Gasteiger charge is -2.29. The van der Waals surface area contributed by atoms with E-state index in [1.165, 1.54) is 0 Å². The van der Waals surface area contributed by atoms with Crippen molar-refractivity contribution in [2.75, 3.05) is 39.3 Å². The van der Waals surface area contributed by atoms with Gasteiger partial charge >= 0.3 is 12.1 Å². The van der Waals surface area contributed by atoms with Crippen LogP contribution in [-0.2, 0) is 9.59 Å². The molecule has 2 N–H and O–H groups in total. The van der Waals surface area contributed by atoms with Gasteiger partial charge in [-0.1, -0.05) is 31.0 Å². The molecule has 1 aromatic rings. The van der Waals surface area contributed by atoms with Crippen molar-refractivity contribution in [3.63, 3.8) is 0 Å². The second-order valence-corrected chi connectivity index (χ2v) is 7.20. The minimum atomic E-state index is -5.08. The normalized spacial score (nSPS) is 13.8. The van der Waals surface area contributed by atoms with E-state index in [9.17, 15) is 22.8 Å². The number of nitrogens with one attached hydrogen (secondary N) is 1. The van der Waals surface area contributed by atoms with Crippen LogP contribution in [0.5, 0.6) is 0 Å². The highest BCUT2D eigenvalue weighted by Crippen LogP contribution is 2.13. The van der Waals surface area contributed by atoms with Crippen molar-refractivity contribution < 1.29 is 32.7 Å². The molecule has 7 nitrogen and oxygen atoms in total. The second-order valence-electron chi connectivity index (χ2n) is 7.20. The molecular formula is C21H30F3N3O4. The molecule has 0 radical (unpaired) electrons. The van der Waals surface area contributed by atoms with Crippen LogP contribution in [0.4, 0.5) is 13.2 Å². The fraction of sp³-hybridized carbons (Fsp3) is 0.571. The number of unbranched alkanes of at least 4 members (excludes halogenated alkanes) is 1. The van der Waals surface area contributed by atoms with Crippen molar-refractivity contribution in [1.82, 2.24) is 15.1 Å². The number of carboxylic acid groups (broad SMARTS) is 1. The van der Waals surface area contributed by atoms with E-state index in [1.807, 2.05) is 41.0 Å². The Morgan fingerprint density at radius 1 is 1.10 bits per heavy atom. The van der Waals surface area contributed by atoms with Crippen molar-refractivity contribution in [3.05, 3.63) is 35.4 Å². The first-order chi connectivity index (χ1) is 14.6. The summed E-state index contributed by atoms with van der Waals surface area (Å²) in [5.74, 6) is -2.58. The van der Waals surface area contributed by atoms with Gasteiger partial charge in [-0.15, -0.1) is 0 Å². The highest BCUT2D eigenvalue weighted by Gasteiger charge is 2.38. The Hall–Kier alpha value is -2.62. The summed E-state index contributed by atoms with van der Waals surface area (Å²) in [4.78, 5) is 37.7. The van der Waals surface area contributed by atoms with Crippen molar-refractivity contribution in [2.45, 2.75) is 39.3 Å². The summed E-state index contributed by atoms with van der Waals surface area (Å²) in [6.45, 7) is 8.56. The van der Waals surface area contributed by atoms with E-state index in [1.54, 1.807) is 0 Å². The number of halogens is 3. The van der Waals surface area contributed by atoms with Crippen LogP contribution in [0.25, 0.3) is 0 Å². The van der Waals surface area contributed by atoms with Gasteiger partial charge in [-0.25, -0.2) is 4.79 Å². The van der Waals surface area contributed by atoms with Gasteiger partial charge in [0.15, 0.2) is 0 Å². The number of alkyl halides is 3. The molecule has 0 aliphatic carbocycles. The lowest BCUT2D eigenvalue weighted by molar-refractivity contribution is -0.192. The number of hydrogen-bond acceptors (Lipinski definition) is 4. The maximum Gasteiger partial charge on any atom is 0.490 e. The third-order valence-corrected chi connectivity index (χ3v) is 4.68. The number of benzene rings is 1. The highest BCUT2D eigenvalue weighted by atomic mass is 19.4. The molecule has 0 bridgehead atoms. The van der Waals surface area contributed by atoms with E-state index < -0.39 is 12.1 Å². The van der Waals surface area contributed by atoms with Crippen molar-refractivity contribution in [2.24, 2.45) is 0 Å². The predicted octanol–water partition coefficient (Wildman–Crippen LogP) is 2.69. The fourth-order valence-corrected chi connectivity index (χ4v) is 2.85. The molecule has 174 valence electrons. The van der Waals surface area contributed by atoms with Crippen LogP contribution in [0, 0.1) is 6.92 Å². The molecule has 1 aliphatic heterocycles. The molecule has 1 fully saturated rings. The van der Waals surface area contributed by atoms with Crippen molar-refractivity contribution in [3.8, 4) is 0 Å². The first kappa shape index (κ1) is 26.4. The molecular weight excluding hydrogens is 415 g/mol. The van der Waals surface area contributed by atoms with Crippen LogP contribution in [0.3, 0.4) is 0 Å². The molecule has 0 saturated carbocycles. The smallest absolute Gasteiger partial charge is 0.475 e. The Labute approximate surface area is 180 Å². The lowest BCUT2D eigenvalue weighted by Crippen LogP contribution is -2.47. The summed E-state index contributed by atoms with van der Waals surface area (Å²) in [5.41, 5.74) is 1.84. The standard InChI is InChI=1S/C19H29N3O2.C2HF3O2/c1-3-4-12-22(19(24)17-7-5-16(2)6-8-17)13-9-18(23)21-14-10-20-11-15-21;3-2(4,5)1(6)7/h5-8,20H,3-4,9-15H2,1-2H3;(H,6,7). The number of rotatable bonds is 7. The quantitative estimate of drug-likeness (QED) is 0.674. The maximum absolute atomic E-state index is 12.7. The zero-order valence-corrected chi connectivity index (χ0v) is 17.9. The number of aryl methyl sites for hydroxylation is 1. The van der Waals surface area contributed by atoms with Crippen LogP contribution in [0.1, 0.15) is 42.1 Å². The third-order valence-electron chi connectivity index (χ3n) is 4.68. The van der Waals surface area contributed by atoms with Gasteiger partial charge in [0.05, 0.1) is 0 Å². The molecule has 1 aliphatic rings. The Morgan fingerprint density at radius 3 is 2.13 bits per heavy atom. The number of carbonyl (C=O) groups excluding carboxylic acids is 2. The lowest BCUT2D eigenvalue weighted by atomic mass is 10.1. The van der Waals surface area contributed by atoms with Crippen LogP contribution in [0.15, 0.2) is 24.3 Å². The summed E-state index contributed by atoms with van der Waals surface area (Å²) in [6, 6.07) is 7.65. The summed E-state index contributed by atoms with van der Waals surface area (Å²) in [6.07, 6.45) is -2.69. The second kappa shape index (κ2) is 12.9. The minimum absolute atomic E-state index is 0.0246. The molecule has 1 heterocycles. The molecule has 2 amide bonds. The maximum atomic E-state index is 12.7. The van der Waals surface area contributed by atoms with Gasteiger partial charge in [-0.2, -0.15) is 13.2 Å². The van der Waals surface area contributed by atoms with Gasteiger partial charge in [0, 0.05) is 51.3 Å². The molecule has 0 unspecified atom stereocenters. The first-order valence-corrected chi connectivity index (χ1v) is 10.2. The minimum Gasteiger partial charge on any atom is -0.475 e. The topological polar surface area (TPSA) is 90.0 Å². The summed E-state index contributed by atoms with van der Waals surface area (Å²) in [5, 5.41) is 10.4. The number of nitrogens with zero attached hydrogens (tertiary/aromatic N) is 2. The largest absolute Gasteiger partial charge is 0.490 e. The van der Waals surface area contributed by atoms with Crippen molar-refractivity contribution >= 4 is 17.8 Å². The molecule has 2 rings (SSSR count). The zero-order chi connectivity index (χ0) is 23.4. The van der Waals surface area contributed by atoms with Crippen LogP contribution >= 0.6 is 0 Å². The molecule has 31 heavy (non-hydrogen) atoms. The predicted molar refractivity (Wildman–Crippen MR) is 110 cm³/mol. The van der Waals surface area contributed by atoms with E-state index >= 15 is 0 Å². The molecule has 0 spiro atoms. The summed E-state index contributed by atoms with van der Waals surface area (Å²) < 4.78 is 31.7. The van der Waals surface area contributed by atoms with Gasteiger partial charge in [0.2, 0.25) is 5.91 Å². The number of piperazine rings is 1. The van der Waals surface area contributed by atoms with Gasteiger partial charge in [0.25, 0.3) is 5.91 Å². The third kappa shape index (κ3) is 9.82.